The van der Waals surface area contributed by atoms with Crippen molar-refractivity contribution in [3.8, 4) is 11.8 Å². The quantitative estimate of drug-likeness (QED) is 0.214. The van der Waals surface area contributed by atoms with Crippen LogP contribution in [0.4, 0.5) is 5.69 Å². The Morgan fingerprint density at radius 1 is 0.725 bits per heavy atom. The normalized spacial score (nSPS) is 14.0. The van der Waals surface area contributed by atoms with Crippen molar-refractivity contribution >= 4 is 35.2 Å². The van der Waals surface area contributed by atoms with Gasteiger partial charge in [0, 0.05) is 43.2 Å². The summed E-state index contributed by atoms with van der Waals surface area (Å²) in [5.74, 6) is 4.32. The summed E-state index contributed by atoms with van der Waals surface area (Å²) in [4.78, 5) is 66.6. The first-order chi connectivity index (χ1) is 19.4. The van der Waals surface area contributed by atoms with Gasteiger partial charge in [-0.1, -0.05) is 42.2 Å². The van der Waals surface area contributed by atoms with Crippen LogP contribution in [0.5, 0.6) is 0 Å². The summed E-state index contributed by atoms with van der Waals surface area (Å²) in [5.41, 5.74) is 3.33. The number of rotatable bonds is 13. The third-order valence-corrected chi connectivity index (χ3v) is 6.34. The van der Waals surface area contributed by atoms with E-state index in [2.05, 4.69) is 11.8 Å². The Hall–Kier alpha value is -4.33. The molecule has 10 heteroatoms. The average molecular weight is 547 g/mol. The first kappa shape index (κ1) is 28.7. The zero-order valence-electron chi connectivity index (χ0n) is 22.1. The summed E-state index contributed by atoms with van der Waals surface area (Å²) < 4.78 is 10.7. The van der Waals surface area contributed by atoms with Gasteiger partial charge in [0.15, 0.2) is 0 Å². The monoisotopic (exact) mass is 546 g/mol. The molecule has 40 heavy (non-hydrogen) atoms. The fraction of sp³-hybridized carbons (Fsp3) is 0.367. The fourth-order valence-corrected chi connectivity index (χ4v) is 4.18. The highest BCUT2D eigenvalue weighted by Gasteiger charge is 2.32. The van der Waals surface area contributed by atoms with Crippen LogP contribution in [0.15, 0.2) is 48.5 Å². The van der Waals surface area contributed by atoms with E-state index in [-0.39, 0.29) is 76.6 Å². The second kappa shape index (κ2) is 14.2. The first-order valence-electron chi connectivity index (χ1n) is 13.2. The SMILES string of the molecule is O=C(CCOCCOCCC(=O)ON1C(=O)CCC1=O)CCC(=O)N1Cc2ccccc2C#Cc2ccccc21. The molecule has 2 aromatic rings. The molecule has 3 amide bonds. The summed E-state index contributed by atoms with van der Waals surface area (Å²) in [6.45, 7) is 1.02. The minimum absolute atomic E-state index is 0.0368. The largest absolute Gasteiger partial charge is 0.379 e. The molecule has 2 heterocycles. The predicted molar refractivity (Wildman–Crippen MR) is 142 cm³/mol. The number of hydroxylamine groups is 2. The van der Waals surface area contributed by atoms with Gasteiger partial charge in [-0.05, 0) is 23.8 Å². The Morgan fingerprint density at radius 3 is 2.10 bits per heavy atom. The van der Waals surface area contributed by atoms with Crippen molar-refractivity contribution in [2.24, 2.45) is 0 Å². The smallest absolute Gasteiger partial charge is 0.335 e. The highest BCUT2D eigenvalue weighted by molar-refractivity contribution is 6.01. The average Bonchev–Trinajstić information content (AvgIpc) is 3.26. The number of imide groups is 1. The van der Waals surface area contributed by atoms with Crippen LogP contribution in [0.3, 0.4) is 0 Å². The van der Waals surface area contributed by atoms with Crippen molar-refractivity contribution in [1.29, 1.82) is 0 Å². The number of para-hydroxylation sites is 1. The standard InChI is InChI=1S/C30H30N2O8/c33-25(15-17-38-19-20-39-18-16-30(37)40-32-28(35)13-14-29(32)36)11-12-27(34)31-21-24-7-2-1-5-22(24)9-10-23-6-3-4-8-26(23)31/h1-8H,11-21H2. The topological polar surface area (TPSA) is 120 Å². The molecular formula is C30H30N2O8. The molecule has 0 bridgehead atoms. The van der Waals surface area contributed by atoms with Gasteiger partial charge in [-0.2, -0.15) is 0 Å². The van der Waals surface area contributed by atoms with Crippen molar-refractivity contribution < 1.29 is 38.3 Å². The molecule has 1 fully saturated rings. The number of nitrogens with zero attached hydrogens (tertiary/aromatic N) is 2. The maximum absolute atomic E-state index is 13.2. The van der Waals surface area contributed by atoms with E-state index in [0.717, 1.165) is 22.4 Å². The third-order valence-electron chi connectivity index (χ3n) is 6.34. The van der Waals surface area contributed by atoms with Crippen molar-refractivity contribution in [1.82, 2.24) is 5.06 Å². The maximum Gasteiger partial charge on any atom is 0.335 e. The van der Waals surface area contributed by atoms with Crippen LogP contribution in [0.1, 0.15) is 55.2 Å². The van der Waals surface area contributed by atoms with Crippen LogP contribution < -0.4 is 4.90 Å². The molecule has 4 rings (SSSR count). The van der Waals surface area contributed by atoms with Crippen LogP contribution in [-0.2, 0) is 44.8 Å². The summed E-state index contributed by atoms with van der Waals surface area (Å²) in [7, 11) is 0. The van der Waals surface area contributed by atoms with Crippen LogP contribution in [0.2, 0.25) is 0 Å². The number of fused-ring (bicyclic) bond motifs is 2. The second-order valence-corrected chi connectivity index (χ2v) is 9.21. The molecule has 0 unspecified atom stereocenters. The molecular weight excluding hydrogens is 516 g/mol. The molecule has 0 saturated carbocycles. The molecule has 1 saturated heterocycles. The molecule has 10 nitrogen and oxygen atoms in total. The third kappa shape index (κ3) is 7.85. The number of hydrogen-bond donors (Lipinski definition) is 0. The Bertz CT molecular complexity index is 1330. The highest BCUT2D eigenvalue weighted by Crippen LogP contribution is 2.26. The lowest BCUT2D eigenvalue weighted by Gasteiger charge is -2.26. The Balaban J connectivity index is 1.12. The lowest BCUT2D eigenvalue weighted by Crippen LogP contribution is -2.32. The van der Waals surface area contributed by atoms with E-state index in [1.807, 2.05) is 48.5 Å². The number of anilines is 1. The molecule has 0 atom stereocenters. The molecule has 0 aliphatic carbocycles. The predicted octanol–water partition coefficient (Wildman–Crippen LogP) is 2.70. The summed E-state index contributed by atoms with van der Waals surface area (Å²) in [6, 6.07) is 15.2. The number of ketones is 1. The van der Waals surface area contributed by atoms with Gasteiger partial charge in [0.25, 0.3) is 11.8 Å². The van der Waals surface area contributed by atoms with Crippen LogP contribution in [0.25, 0.3) is 0 Å². The Morgan fingerprint density at radius 2 is 1.35 bits per heavy atom. The van der Waals surface area contributed by atoms with E-state index >= 15 is 0 Å². The van der Waals surface area contributed by atoms with E-state index in [1.54, 1.807) is 4.90 Å². The minimum Gasteiger partial charge on any atom is -0.379 e. The number of amides is 3. The van der Waals surface area contributed by atoms with Crippen LogP contribution in [0, 0.1) is 11.8 Å². The van der Waals surface area contributed by atoms with Gasteiger partial charge >= 0.3 is 5.97 Å². The molecule has 0 spiro atoms. The Labute approximate surface area is 232 Å². The van der Waals surface area contributed by atoms with E-state index in [9.17, 15) is 24.0 Å². The Kier molecular flexibility index (Phi) is 10.2. The van der Waals surface area contributed by atoms with Crippen LogP contribution in [-0.4, -0.2) is 61.0 Å². The van der Waals surface area contributed by atoms with Gasteiger partial charge in [-0.25, -0.2) is 4.79 Å². The summed E-state index contributed by atoms with van der Waals surface area (Å²) in [5, 5.41) is 0.498. The van der Waals surface area contributed by atoms with Crippen molar-refractivity contribution in [2.75, 3.05) is 31.3 Å². The maximum atomic E-state index is 13.2. The van der Waals surface area contributed by atoms with Crippen molar-refractivity contribution in [2.45, 2.75) is 45.1 Å². The summed E-state index contributed by atoms with van der Waals surface area (Å²) >= 11 is 0. The number of carbonyl (C=O) groups is 5. The molecule has 0 radical (unpaired) electrons. The van der Waals surface area contributed by atoms with Gasteiger partial charge in [0.05, 0.1) is 45.1 Å². The second-order valence-electron chi connectivity index (χ2n) is 9.21. The van der Waals surface area contributed by atoms with Crippen LogP contribution >= 0.6 is 0 Å². The lowest BCUT2D eigenvalue weighted by atomic mass is 10.0. The fourth-order valence-electron chi connectivity index (χ4n) is 4.18. The van der Waals surface area contributed by atoms with E-state index in [0.29, 0.717) is 11.6 Å². The molecule has 2 aliphatic heterocycles. The van der Waals surface area contributed by atoms with Crippen molar-refractivity contribution in [3.05, 3.63) is 65.2 Å². The van der Waals surface area contributed by atoms with Gasteiger partial charge in [-0.3, -0.25) is 19.2 Å². The van der Waals surface area contributed by atoms with Gasteiger partial charge in [0.1, 0.15) is 5.78 Å². The molecule has 2 aliphatic rings. The summed E-state index contributed by atoms with van der Waals surface area (Å²) in [6.07, 6.45) is 0.309. The van der Waals surface area contributed by atoms with Gasteiger partial charge in [-0.15, -0.1) is 5.06 Å². The zero-order chi connectivity index (χ0) is 28.3. The van der Waals surface area contributed by atoms with Crippen molar-refractivity contribution in [3.63, 3.8) is 0 Å². The zero-order valence-corrected chi connectivity index (χ0v) is 22.1. The molecule has 208 valence electrons. The molecule has 2 aromatic carbocycles. The molecule has 0 aromatic heterocycles. The van der Waals surface area contributed by atoms with Gasteiger partial charge < -0.3 is 19.2 Å². The van der Waals surface area contributed by atoms with E-state index in [4.69, 9.17) is 14.3 Å². The number of benzene rings is 2. The first-order valence-corrected chi connectivity index (χ1v) is 13.2. The number of ether oxygens (including phenoxy) is 2. The number of hydrogen-bond acceptors (Lipinski definition) is 8. The number of Topliss-reactive ketones (excluding diaryl/α,β-unsaturated/α-hetero) is 1. The van der Waals surface area contributed by atoms with E-state index in [1.165, 1.54) is 0 Å². The molecule has 0 N–H and O–H groups in total. The lowest BCUT2D eigenvalue weighted by molar-refractivity contribution is -0.198. The minimum atomic E-state index is -0.735. The van der Waals surface area contributed by atoms with E-state index < -0.39 is 17.8 Å². The number of carbonyl (C=O) groups excluding carboxylic acids is 5. The highest BCUT2D eigenvalue weighted by atomic mass is 16.7. The van der Waals surface area contributed by atoms with Gasteiger partial charge in [0.2, 0.25) is 5.91 Å².